The Labute approximate surface area is 122 Å². The normalized spacial score (nSPS) is 10.6. The van der Waals surface area contributed by atoms with Gasteiger partial charge in [0.05, 0.1) is 18.7 Å². The van der Waals surface area contributed by atoms with Gasteiger partial charge >= 0.3 is 11.6 Å². The fraction of sp³-hybridized carbons (Fsp3) is 0.125. The summed E-state index contributed by atoms with van der Waals surface area (Å²) >= 11 is 0. The Hall–Kier alpha value is -2.82. The summed E-state index contributed by atoms with van der Waals surface area (Å²) in [5.41, 5.74) is 9.62. The summed E-state index contributed by atoms with van der Waals surface area (Å²) in [4.78, 5) is 0. The molecule has 0 saturated carbocycles. The Morgan fingerprint density at radius 2 is 1.90 bits per heavy atom. The van der Waals surface area contributed by atoms with E-state index in [9.17, 15) is 0 Å². The van der Waals surface area contributed by atoms with E-state index in [0.717, 1.165) is 22.7 Å². The second-order valence-electron chi connectivity index (χ2n) is 4.77. The highest BCUT2D eigenvalue weighted by atomic mass is 16.5. The quantitative estimate of drug-likeness (QED) is 0.750. The first-order valence-electron chi connectivity index (χ1n) is 6.58. The van der Waals surface area contributed by atoms with Crippen molar-refractivity contribution in [1.29, 1.82) is 0 Å². The fourth-order valence-corrected chi connectivity index (χ4v) is 2.17. The second kappa shape index (κ2) is 5.28. The Kier molecular flexibility index (Phi) is 3.31. The van der Waals surface area contributed by atoms with Crippen molar-refractivity contribution in [2.45, 2.75) is 6.92 Å². The minimum Gasteiger partial charge on any atom is -0.497 e. The number of rotatable bonds is 3. The van der Waals surface area contributed by atoms with Gasteiger partial charge in [-0.1, -0.05) is 23.8 Å². The summed E-state index contributed by atoms with van der Waals surface area (Å²) in [6.07, 6.45) is 0. The average Bonchev–Trinajstić information content (AvgIpc) is 2.90. The molecule has 3 aromatic rings. The standard InChI is InChI=1S/C16H16N3O2/c1-11-6-8-12(9-7-11)15-16(17)21-18-19(15)13-4-3-5-14(10-13)20-2/h3-10H,17H2,1-2H3/q+1. The third kappa shape index (κ3) is 2.45. The number of methoxy groups -OCH3 is 1. The lowest BCUT2D eigenvalue weighted by Crippen LogP contribution is -2.34. The van der Waals surface area contributed by atoms with E-state index >= 15 is 0 Å². The molecule has 2 N–H and O–H groups in total. The lowest BCUT2D eigenvalue weighted by molar-refractivity contribution is -0.660. The van der Waals surface area contributed by atoms with Crippen LogP contribution in [0.15, 0.2) is 53.1 Å². The Morgan fingerprint density at radius 1 is 1.14 bits per heavy atom. The molecule has 0 amide bonds. The molecular weight excluding hydrogens is 266 g/mol. The zero-order chi connectivity index (χ0) is 14.8. The molecule has 5 heteroatoms. The van der Waals surface area contributed by atoms with E-state index < -0.39 is 0 Å². The van der Waals surface area contributed by atoms with Crippen LogP contribution in [0.4, 0.5) is 5.88 Å². The van der Waals surface area contributed by atoms with E-state index in [1.807, 2.05) is 55.5 Å². The molecular formula is C16H16N3O2+. The highest BCUT2D eigenvalue weighted by molar-refractivity contribution is 5.66. The van der Waals surface area contributed by atoms with E-state index in [4.69, 9.17) is 15.0 Å². The van der Waals surface area contributed by atoms with E-state index in [1.165, 1.54) is 5.56 Å². The van der Waals surface area contributed by atoms with E-state index in [-0.39, 0.29) is 5.88 Å². The molecule has 0 unspecified atom stereocenters. The number of hydrogen-bond donors (Lipinski definition) is 1. The molecule has 0 spiro atoms. The van der Waals surface area contributed by atoms with Crippen LogP contribution < -0.4 is 15.2 Å². The van der Waals surface area contributed by atoms with Gasteiger partial charge < -0.3 is 10.5 Å². The Balaban J connectivity index is 2.14. The molecule has 0 saturated heterocycles. The number of nitrogens with zero attached hydrogens (tertiary/aromatic N) is 2. The molecule has 1 heterocycles. The lowest BCUT2D eigenvalue weighted by atomic mass is 10.1. The minimum atomic E-state index is 0.279. The predicted molar refractivity (Wildman–Crippen MR) is 79.2 cm³/mol. The SMILES string of the molecule is COc1cccc(-[n+]2noc(N)c2-c2ccc(C)cc2)c1. The first-order valence-corrected chi connectivity index (χ1v) is 6.58. The first-order chi connectivity index (χ1) is 10.2. The van der Waals surface area contributed by atoms with Gasteiger partial charge in [0, 0.05) is 6.07 Å². The van der Waals surface area contributed by atoms with Crippen LogP contribution in [0.5, 0.6) is 5.75 Å². The number of aromatic nitrogens is 2. The number of benzene rings is 2. The first kappa shape index (κ1) is 13.2. The summed E-state index contributed by atoms with van der Waals surface area (Å²) in [6, 6.07) is 15.6. The second-order valence-corrected chi connectivity index (χ2v) is 4.77. The van der Waals surface area contributed by atoms with Gasteiger partial charge in [0.15, 0.2) is 0 Å². The third-order valence-corrected chi connectivity index (χ3v) is 3.29. The number of aryl methyl sites for hydroxylation is 1. The molecule has 0 aliphatic heterocycles. The smallest absolute Gasteiger partial charge is 0.311 e. The van der Waals surface area contributed by atoms with Gasteiger partial charge in [-0.2, -0.15) is 0 Å². The molecule has 0 fully saturated rings. The maximum atomic E-state index is 5.94. The molecule has 0 radical (unpaired) electrons. The summed E-state index contributed by atoms with van der Waals surface area (Å²) in [5.74, 6) is 1.03. The predicted octanol–water partition coefficient (Wildman–Crippen LogP) is 2.52. The zero-order valence-corrected chi connectivity index (χ0v) is 11.9. The van der Waals surface area contributed by atoms with Crippen molar-refractivity contribution in [2.24, 2.45) is 0 Å². The molecule has 21 heavy (non-hydrogen) atoms. The van der Waals surface area contributed by atoms with Crippen LogP contribution in [-0.4, -0.2) is 12.4 Å². The number of ether oxygens (including phenoxy) is 1. The molecule has 0 atom stereocenters. The lowest BCUT2D eigenvalue weighted by Gasteiger charge is -1.99. The van der Waals surface area contributed by atoms with Crippen molar-refractivity contribution in [3.05, 3.63) is 54.1 Å². The monoisotopic (exact) mass is 282 g/mol. The Morgan fingerprint density at radius 3 is 2.62 bits per heavy atom. The van der Waals surface area contributed by atoms with Crippen molar-refractivity contribution in [1.82, 2.24) is 5.27 Å². The Bertz CT molecular complexity index is 763. The van der Waals surface area contributed by atoms with Crippen LogP contribution in [0.1, 0.15) is 5.56 Å². The van der Waals surface area contributed by atoms with Crippen LogP contribution >= 0.6 is 0 Å². The van der Waals surface area contributed by atoms with Crippen molar-refractivity contribution >= 4 is 5.88 Å². The number of hydrogen-bond acceptors (Lipinski definition) is 4. The van der Waals surface area contributed by atoms with Gasteiger partial charge in [-0.15, -0.1) is 0 Å². The summed E-state index contributed by atoms with van der Waals surface area (Å²) in [5, 5.41) is 4.02. The van der Waals surface area contributed by atoms with Gasteiger partial charge in [0.1, 0.15) is 5.75 Å². The molecule has 3 rings (SSSR count). The molecule has 0 aliphatic rings. The van der Waals surface area contributed by atoms with Gasteiger partial charge in [0.25, 0.3) is 0 Å². The van der Waals surface area contributed by atoms with Crippen LogP contribution in [0.2, 0.25) is 0 Å². The maximum absolute atomic E-state index is 5.94. The van der Waals surface area contributed by atoms with Gasteiger partial charge in [-0.05, 0) is 29.8 Å². The molecule has 5 nitrogen and oxygen atoms in total. The highest BCUT2D eigenvalue weighted by Gasteiger charge is 2.27. The molecule has 0 bridgehead atoms. The molecule has 2 aromatic carbocycles. The van der Waals surface area contributed by atoms with Crippen molar-refractivity contribution in [3.8, 4) is 22.7 Å². The van der Waals surface area contributed by atoms with Crippen molar-refractivity contribution < 1.29 is 13.9 Å². The molecule has 0 aliphatic carbocycles. The van der Waals surface area contributed by atoms with Gasteiger partial charge in [-0.3, -0.25) is 4.52 Å². The molecule has 106 valence electrons. The summed E-state index contributed by atoms with van der Waals surface area (Å²) in [6.45, 7) is 2.04. The van der Waals surface area contributed by atoms with Gasteiger partial charge in [-0.25, -0.2) is 0 Å². The minimum absolute atomic E-state index is 0.279. The van der Waals surface area contributed by atoms with Crippen LogP contribution in [0.3, 0.4) is 0 Å². The van der Waals surface area contributed by atoms with Gasteiger partial charge in [0.2, 0.25) is 11.0 Å². The summed E-state index contributed by atoms with van der Waals surface area (Å²) in [7, 11) is 1.63. The number of anilines is 1. The van der Waals surface area contributed by atoms with Crippen molar-refractivity contribution in [3.63, 3.8) is 0 Å². The number of nitrogen functional groups attached to an aromatic ring is 1. The largest absolute Gasteiger partial charge is 0.497 e. The van der Waals surface area contributed by atoms with E-state index in [1.54, 1.807) is 11.8 Å². The van der Waals surface area contributed by atoms with E-state index in [2.05, 4.69) is 5.27 Å². The van der Waals surface area contributed by atoms with Crippen LogP contribution in [0, 0.1) is 6.92 Å². The highest BCUT2D eigenvalue weighted by Crippen LogP contribution is 2.24. The third-order valence-electron chi connectivity index (χ3n) is 3.29. The topological polar surface area (TPSA) is 65.2 Å². The number of nitrogens with two attached hydrogens (primary N) is 1. The zero-order valence-electron chi connectivity index (χ0n) is 11.9. The van der Waals surface area contributed by atoms with Crippen LogP contribution in [-0.2, 0) is 0 Å². The van der Waals surface area contributed by atoms with E-state index in [0.29, 0.717) is 0 Å². The van der Waals surface area contributed by atoms with Crippen molar-refractivity contribution in [2.75, 3.05) is 12.8 Å². The van der Waals surface area contributed by atoms with Crippen LogP contribution in [0.25, 0.3) is 16.9 Å². The maximum Gasteiger partial charge on any atom is 0.311 e. The average molecular weight is 282 g/mol. The molecule has 1 aromatic heterocycles. The fourth-order valence-electron chi connectivity index (χ4n) is 2.17. The summed E-state index contributed by atoms with van der Waals surface area (Å²) < 4.78 is 12.1.